The topological polar surface area (TPSA) is 88.6 Å². The lowest BCUT2D eigenvalue weighted by molar-refractivity contribution is -0.129. The molecular formula is C21H25N3O6S. The number of piperazine rings is 1. The number of sulfonamides is 1. The summed E-state index contributed by atoms with van der Waals surface area (Å²) in [5, 5.41) is 0. The molecule has 9 nitrogen and oxygen atoms in total. The zero-order valence-electron chi connectivity index (χ0n) is 17.5. The molecule has 2 aliphatic heterocycles. The molecule has 2 aliphatic rings. The molecule has 166 valence electrons. The summed E-state index contributed by atoms with van der Waals surface area (Å²) in [5.41, 5.74) is 1.43. The van der Waals surface area contributed by atoms with E-state index in [1.165, 1.54) is 0 Å². The van der Waals surface area contributed by atoms with Crippen molar-refractivity contribution in [2.24, 2.45) is 0 Å². The van der Waals surface area contributed by atoms with Crippen molar-refractivity contribution in [1.82, 2.24) is 4.90 Å². The number of anilines is 2. The van der Waals surface area contributed by atoms with Crippen LogP contribution in [0.1, 0.15) is 0 Å². The van der Waals surface area contributed by atoms with Gasteiger partial charge in [-0.15, -0.1) is 0 Å². The van der Waals surface area contributed by atoms with Crippen molar-refractivity contribution in [1.29, 1.82) is 0 Å². The molecule has 0 atom stereocenters. The van der Waals surface area contributed by atoms with Crippen molar-refractivity contribution >= 4 is 27.3 Å². The highest BCUT2D eigenvalue weighted by atomic mass is 32.2. The van der Waals surface area contributed by atoms with E-state index in [4.69, 9.17) is 14.2 Å². The number of hydrogen-bond acceptors (Lipinski definition) is 7. The number of fused-ring (bicyclic) bond motifs is 1. The number of rotatable bonds is 6. The molecule has 1 fully saturated rings. The summed E-state index contributed by atoms with van der Waals surface area (Å²) in [6, 6.07) is 12.6. The van der Waals surface area contributed by atoms with Gasteiger partial charge in [-0.2, -0.15) is 0 Å². The highest BCUT2D eigenvalue weighted by molar-refractivity contribution is 7.92. The summed E-state index contributed by atoms with van der Waals surface area (Å²) >= 11 is 0. The van der Waals surface area contributed by atoms with E-state index in [2.05, 4.69) is 4.90 Å². The smallest absolute Gasteiger partial charge is 0.243 e. The van der Waals surface area contributed by atoms with Crippen LogP contribution in [-0.4, -0.2) is 72.1 Å². The molecule has 0 spiro atoms. The van der Waals surface area contributed by atoms with Crippen LogP contribution in [0.25, 0.3) is 0 Å². The molecular weight excluding hydrogens is 422 g/mol. The number of benzene rings is 2. The predicted octanol–water partition coefficient (Wildman–Crippen LogP) is 1.54. The third kappa shape index (κ3) is 4.63. The zero-order chi connectivity index (χ0) is 22.0. The van der Waals surface area contributed by atoms with E-state index < -0.39 is 10.0 Å². The van der Waals surface area contributed by atoms with Gasteiger partial charge in [-0.05, 0) is 36.4 Å². The Hall–Kier alpha value is -3.14. The lowest BCUT2D eigenvalue weighted by atomic mass is 10.2. The molecule has 10 heteroatoms. The summed E-state index contributed by atoms with van der Waals surface area (Å²) in [6.07, 6.45) is 1.09. The van der Waals surface area contributed by atoms with E-state index in [1.54, 1.807) is 30.2 Å². The standard InChI is InChI=1S/C21H25N3O6S/c1-28-18-6-3-16(4-7-18)22-9-11-23(12-10-22)21(25)14-24(31(2,26)27)17-5-8-19-20(13-17)30-15-29-19/h3-8,13H,9-12,14-15H2,1-2H3. The van der Waals surface area contributed by atoms with Crippen LogP contribution in [0.5, 0.6) is 17.2 Å². The normalized spacial score (nSPS) is 15.7. The minimum Gasteiger partial charge on any atom is -0.497 e. The molecule has 0 aromatic heterocycles. The van der Waals surface area contributed by atoms with Gasteiger partial charge in [0.2, 0.25) is 22.7 Å². The summed E-state index contributed by atoms with van der Waals surface area (Å²) in [5.74, 6) is 1.57. The number of amides is 1. The van der Waals surface area contributed by atoms with Crippen molar-refractivity contribution in [3.8, 4) is 17.2 Å². The lowest BCUT2D eigenvalue weighted by Gasteiger charge is -2.37. The van der Waals surface area contributed by atoms with Gasteiger partial charge in [0.15, 0.2) is 11.5 Å². The van der Waals surface area contributed by atoms with Crippen LogP contribution in [0.2, 0.25) is 0 Å². The second-order valence-electron chi connectivity index (χ2n) is 7.37. The molecule has 31 heavy (non-hydrogen) atoms. The van der Waals surface area contributed by atoms with Gasteiger partial charge in [0.05, 0.1) is 19.1 Å². The highest BCUT2D eigenvalue weighted by Gasteiger charge is 2.28. The zero-order valence-corrected chi connectivity index (χ0v) is 18.3. The third-order valence-corrected chi connectivity index (χ3v) is 6.53. The summed E-state index contributed by atoms with van der Waals surface area (Å²) in [7, 11) is -2.03. The second kappa shape index (κ2) is 8.54. The number of nitrogens with zero attached hydrogens (tertiary/aromatic N) is 3. The van der Waals surface area contributed by atoms with Gasteiger partial charge >= 0.3 is 0 Å². The monoisotopic (exact) mass is 447 g/mol. The van der Waals surface area contributed by atoms with Gasteiger partial charge in [-0.1, -0.05) is 0 Å². The Labute approximate surface area is 181 Å². The average molecular weight is 448 g/mol. The van der Waals surface area contributed by atoms with E-state index in [-0.39, 0.29) is 19.2 Å². The van der Waals surface area contributed by atoms with Crippen molar-refractivity contribution in [2.45, 2.75) is 0 Å². The first-order valence-electron chi connectivity index (χ1n) is 9.89. The number of carbonyl (C=O) groups is 1. The van der Waals surface area contributed by atoms with E-state index in [1.807, 2.05) is 24.3 Å². The fraction of sp³-hybridized carbons (Fsp3) is 0.381. The van der Waals surface area contributed by atoms with Crippen LogP contribution < -0.4 is 23.4 Å². The first kappa shape index (κ1) is 21.1. The van der Waals surface area contributed by atoms with Crippen LogP contribution >= 0.6 is 0 Å². The molecule has 2 heterocycles. The molecule has 4 rings (SSSR count). The van der Waals surface area contributed by atoms with Crippen LogP contribution in [0.15, 0.2) is 42.5 Å². The minimum absolute atomic E-state index is 0.0923. The van der Waals surface area contributed by atoms with Gasteiger partial charge in [0.25, 0.3) is 0 Å². The van der Waals surface area contributed by atoms with Crippen LogP contribution in [0, 0.1) is 0 Å². The number of carbonyl (C=O) groups excluding carboxylic acids is 1. The Morgan fingerprint density at radius 1 is 1.03 bits per heavy atom. The van der Waals surface area contributed by atoms with Gasteiger partial charge in [-0.3, -0.25) is 9.10 Å². The van der Waals surface area contributed by atoms with Crippen molar-refractivity contribution in [3.05, 3.63) is 42.5 Å². The molecule has 0 aliphatic carbocycles. The van der Waals surface area contributed by atoms with E-state index in [9.17, 15) is 13.2 Å². The number of methoxy groups -OCH3 is 1. The predicted molar refractivity (Wildman–Crippen MR) is 117 cm³/mol. The number of ether oxygens (including phenoxy) is 3. The molecule has 1 amide bonds. The van der Waals surface area contributed by atoms with E-state index in [0.717, 1.165) is 22.0 Å². The van der Waals surface area contributed by atoms with E-state index in [0.29, 0.717) is 43.4 Å². The third-order valence-electron chi connectivity index (χ3n) is 5.39. The molecule has 2 aromatic rings. The number of hydrogen-bond donors (Lipinski definition) is 0. The SMILES string of the molecule is COc1ccc(N2CCN(C(=O)CN(c3ccc4c(c3)OCO4)S(C)(=O)=O)CC2)cc1. The molecule has 2 aromatic carbocycles. The van der Waals surface area contributed by atoms with Gasteiger partial charge in [0, 0.05) is 37.9 Å². The Morgan fingerprint density at radius 3 is 2.35 bits per heavy atom. The summed E-state index contributed by atoms with van der Waals surface area (Å²) < 4.78 is 41.7. The maximum Gasteiger partial charge on any atom is 0.243 e. The van der Waals surface area contributed by atoms with Crippen molar-refractivity contribution in [2.75, 3.05) is 62.1 Å². The Bertz CT molecular complexity index is 1050. The summed E-state index contributed by atoms with van der Waals surface area (Å²) in [6.45, 7) is 2.20. The van der Waals surface area contributed by atoms with Crippen molar-refractivity contribution < 1.29 is 27.4 Å². The molecule has 0 N–H and O–H groups in total. The largest absolute Gasteiger partial charge is 0.497 e. The second-order valence-corrected chi connectivity index (χ2v) is 9.28. The maximum absolute atomic E-state index is 12.9. The van der Waals surface area contributed by atoms with Crippen LogP contribution in [-0.2, 0) is 14.8 Å². The molecule has 1 saturated heterocycles. The van der Waals surface area contributed by atoms with Gasteiger partial charge in [-0.25, -0.2) is 8.42 Å². The first-order valence-corrected chi connectivity index (χ1v) is 11.7. The minimum atomic E-state index is -3.66. The van der Waals surface area contributed by atoms with Crippen LogP contribution in [0.4, 0.5) is 11.4 Å². The molecule has 0 unspecified atom stereocenters. The summed E-state index contributed by atoms with van der Waals surface area (Å²) in [4.78, 5) is 16.8. The Kier molecular flexibility index (Phi) is 5.81. The first-order chi connectivity index (χ1) is 14.8. The van der Waals surface area contributed by atoms with Crippen LogP contribution in [0.3, 0.4) is 0 Å². The Balaban J connectivity index is 1.41. The average Bonchev–Trinajstić information content (AvgIpc) is 3.24. The Morgan fingerprint density at radius 2 is 1.71 bits per heavy atom. The highest BCUT2D eigenvalue weighted by Crippen LogP contribution is 2.36. The maximum atomic E-state index is 12.9. The van der Waals surface area contributed by atoms with E-state index >= 15 is 0 Å². The van der Waals surface area contributed by atoms with Gasteiger partial charge in [0.1, 0.15) is 12.3 Å². The fourth-order valence-corrected chi connectivity index (χ4v) is 4.51. The van der Waals surface area contributed by atoms with Gasteiger partial charge < -0.3 is 24.0 Å². The molecule has 0 radical (unpaired) electrons. The molecule has 0 bridgehead atoms. The quantitative estimate of drug-likeness (QED) is 0.664. The molecule has 0 saturated carbocycles. The lowest BCUT2D eigenvalue weighted by Crippen LogP contribution is -2.52. The fourth-order valence-electron chi connectivity index (χ4n) is 3.67. The van der Waals surface area contributed by atoms with Crippen molar-refractivity contribution in [3.63, 3.8) is 0 Å².